The predicted octanol–water partition coefficient (Wildman–Crippen LogP) is 1.88. The monoisotopic (exact) mass is 217 g/mol. The Morgan fingerprint density at radius 2 is 2.08 bits per heavy atom. The Morgan fingerprint density at radius 3 is 2.62 bits per heavy atom. The average molecular weight is 218 g/mol. The zero-order chi connectivity index (χ0) is 9.26. The zero-order valence-electron chi connectivity index (χ0n) is 6.61. The van der Waals surface area contributed by atoms with Gasteiger partial charge in [-0.1, -0.05) is 23.7 Å². The summed E-state index contributed by atoms with van der Waals surface area (Å²) in [4.78, 5) is 7.35. The summed E-state index contributed by atoms with van der Waals surface area (Å²) in [7, 11) is 0. The van der Waals surface area contributed by atoms with Crippen molar-refractivity contribution in [1.82, 2.24) is 4.89 Å². The van der Waals surface area contributed by atoms with Gasteiger partial charge in [0.2, 0.25) is 0 Å². The summed E-state index contributed by atoms with van der Waals surface area (Å²) in [5.74, 6) is 0. The van der Waals surface area contributed by atoms with Gasteiger partial charge < -0.3 is 5.11 Å². The lowest BCUT2D eigenvalue weighted by molar-refractivity contribution is -0.103. The minimum absolute atomic E-state index is 0.0859. The van der Waals surface area contributed by atoms with Crippen molar-refractivity contribution in [1.29, 1.82) is 0 Å². The predicted molar refractivity (Wildman–Crippen MR) is 52.0 cm³/mol. The van der Waals surface area contributed by atoms with Gasteiger partial charge in [0.15, 0.2) is 6.29 Å². The lowest BCUT2D eigenvalue weighted by Crippen LogP contribution is -2.12. The first-order valence-corrected chi connectivity index (χ1v) is 5.03. The van der Waals surface area contributed by atoms with Crippen molar-refractivity contribution in [2.45, 2.75) is 11.5 Å². The van der Waals surface area contributed by atoms with E-state index >= 15 is 0 Å². The van der Waals surface area contributed by atoms with Gasteiger partial charge in [-0.25, -0.2) is 0 Å². The van der Waals surface area contributed by atoms with Gasteiger partial charge in [0.05, 0.1) is 5.25 Å². The summed E-state index contributed by atoms with van der Waals surface area (Å²) in [6.07, 6.45) is -0.800. The van der Waals surface area contributed by atoms with Gasteiger partial charge in [0, 0.05) is 5.02 Å². The van der Waals surface area contributed by atoms with Crippen LogP contribution in [0.5, 0.6) is 0 Å². The normalized spacial score (nSPS) is 27.8. The smallest absolute Gasteiger partial charge is 0.193 e. The van der Waals surface area contributed by atoms with Crippen LogP contribution in [0, 0.1) is 0 Å². The Bertz CT molecular complexity index is 293. The summed E-state index contributed by atoms with van der Waals surface area (Å²) < 4.78 is 0. The van der Waals surface area contributed by atoms with Crippen LogP contribution in [0.25, 0.3) is 0 Å². The van der Waals surface area contributed by atoms with Gasteiger partial charge in [-0.15, -0.1) is 4.89 Å². The lowest BCUT2D eigenvalue weighted by atomic mass is 10.1. The molecule has 1 aromatic carbocycles. The van der Waals surface area contributed by atoms with Crippen LogP contribution in [-0.4, -0.2) is 11.4 Å². The van der Waals surface area contributed by atoms with E-state index in [1.54, 1.807) is 12.1 Å². The molecule has 0 bridgehead atoms. The highest BCUT2D eigenvalue weighted by atomic mass is 35.5. The second-order valence-corrected chi connectivity index (χ2v) is 4.03. The Balaban J connectivity index is 2.20. The summed E-state index contributed by atoms with van der Waals surface area (Å²) >= 11 is 7.08. The number of aliphatic hydroxyl groups excluding tert-OH is 1. The molecule has 1 fully saturated rings. The zero-order valence-corrected chi connectivity index (χ0v) is 8.18. The fraction of sp³-hybridized carbons (Fsp3) is 0.250. The van der Waals surface area contributed by atoms with E-state index in [-0.39, 0.29) is 5.25 Å². The summed E-state index contributed by atoms with van der Waals surface area (Å²) in [5.41, 5.74) is 0.993. The fourth-order valence-electron chi connectivity index (χ4n) is 1.13. The van der Waals surface area contributed by atoms with E-state index in [1.165, 1.54) is 11.9 Å². The lowest BCUT2D eigenvalue weighted by Gasteiger charge is -2.09. The molecule has 1 saturated heterocycles. The van der Waals surface area contributed by atoms with Crippen LogP contribution >= 0.6 is 23.5 Å². The van der Waals surface area contributed by atoms with E-state index in [1.807, 2.05) is 12.1 Å². The van der Waals surface area contributed by atoms with E-state index in [9.17, 15) is 5.11 Å². The molecule has 3 nitrogen and oxygen atoms in total. The molecule has 0 unspecified atom stereocenters. The highest BCUT2D eigenvalue weighted by Gasteiger charge is 2.28. The number of hydrogen-bond donors (Lipinski definition) is 2. The molecule has 1 heterocycles. The first-order chi connectivity index (χ1) is 6.27. The summed E-state index contributed by atoms with van der Waals surface area (Å²) in [6.45, 7) is 0. The molecule has 1 aromatic rings. The standard InChI is InChI=1S/C8H8ClNO2S/c9-6-3-1-5(2-4-6)7-8(11)12-10-13-7/h1-4,7-8,10-11H/t7-,8+/m0/s1. The summed E-state index contributed by atoms with van der Waals surface area (Å²) in [6, 6.07) is 7.34. The van der Waals surface area contributed by atoms with Crippen molar-refractivity contribution < 1.29 is 9.94 Å². The molecule has 0 radical (unpaired) electrons. The number of rotatable bonds is 1. The minimum atomic E-state index is -0.800. The number of hydrogen-bond acceptors (Lipinski definition) is 4. The Hall–Kier alpha value is -0.260. The largest absolute Gasteiger partial charge is 0.365 e. The second kappa shape index (κ2) is 3.86. The first kappa shape index (κ1) is 9.30. The van der Waals surface area contributed by atoms with E-state index in [0.29, 0.717) is 5.02 Å². The molecular formula is C8H8ClNO2S. The molecular weight excluding hydrogens is 210 g/mol. The van der Waals surface area contributed by atoms with Crippen LogP contribution in [0.2, 0.25) is 5.02 Å². The van der Waals surface area contributed by atoms with E-state index < -0.39 is 6.29 Å². The van der Waals surface area contributed by atoms with E-state index in [0.717, 1.165) is 5.56 Å². The average Bonchev–Trinajstić information content (AvgIpc) is 2.53. The Labute approximate surface area is 85.1 Å². The van der Waals surface area contributed by atoms with Crippen LogP contribution < -0.4 is 4.89 Å². The number of aliphatic hydroxyl groups is 1. The molecule has 0 aliphatic carbocycles. The molecule has 5 heteroatoms. The van der Waals surface area contributed by atoms with Crippen molar-refractivity contribution in [3.63, 3.8) is 0 Å². The molecule has 13 heavy (non-hydrogen) atoms. The molecule has 0 aromatic heterocycles. The number of halogens is 1. The van der Waals surface area contributed by atoms with Crippen molar-refractivity contribution in [3.05, 3.63) is 34.9 Å². The van der Waals surface area contributed by atoms with Crippen molar-refractivity contribution in [3.8, 4) is 0 Å². The topological polar surface area (TPSA) is 41.5 Å². The highest BCUT2D eigenvalue weighted by molar-refractivity contribution is 7.97. The molecule has 0 saturated carbocycles. The molecule has 1 aliphatic rings. The third kappa shape index (κ3) is 1.98. The van der Waals surface area contributed by atoms with Gasteiger partial charge in [0.1, 0.15) is 0 Å². The first-order valence-electron chi connectivity index (χ1n) is 3.77. The number of nitrogens with one attached hydrogen (secondary N) is 1. The molecule has 2 N–H and O–H groups in total. The van der Waals surface area contributed by atoms with E-state index in [2.05, 4.69) is 4.89 Å². The third-order valence-electron chi connectivity index (χ3n) is 1.80. The third-order valence-corrected chi connectivity index (χ3v) is 3.00. The molecule has 0 spiro atoms. The van der Waals surface area contributed by atoms with Gasteiger partial charge in [-0.2, -0.15) is 0 Å². The molecule has 0 amide bonds. The van der Waals surface area contributed by atoms with Crippen LogP contribution in [0.15, 0.2) is 24.3 Å². The maximum atomic E-state index is 9.37. The van der Waals surface area contributed by atoms with Crippen molar-refractivity contribution in [2.75, 3.05) is 0 Å². The quantitative estimate of drug-likeness (QED) is 0.705. The van der Waals surface area contributed by atoms with Crippen LogP contribution in [0.3, 0.4) is 0 Å². The second-order valence-electron chi connectivity index (χ2n) is 2.68. The molecule has 2 rings (SSSR count). The molecule has 1 aliphatic heterocycles. The van der Waals surface area contributed by atoms with Gasteiger partial charge in [-0.3, -0.25) is 4.84 Å². The van der Waals surface area contributed by atoms with Crippen molar-refractivity contribution >= 4 is 23.5 Å². The van der Waals surface area contributed by atoms with Crippen LogP contribution in [0.1, 0.15) is 10.8 Å². The van der Waals surface area contributed by atoms with E-state index in [4.69, 9.17) is 16.4 Å². The van der Waals surface area contributed by atoms with Crippen LogP contribution in [-0.2, 0) is 4.84 Å². The number of benzene rings is 1. The van der Waals surface area contributed by atoms with Crippen molar-refractivity contribution in [2.24, 2.45) is 0 Å². The SMILES string of the molecule is O[C@@H]1ONS[C@H]1c1ccc(Cl)cc1. The maximum absolute atomic E-state index is 9.37. The fourth-order valence-corrected chi connectivity index (χ4v) is 1.98. The Kier molecular flexibility index (Phi) is 2.76. The minimum Gasteiger partial charge on any atom is -0.365 e. The van der Waals surface area contributed by atoms with Gasteiger partial charge >= 0.3 is 0 Å². The molecule has 70 valence electrons. The maximum Gasteiger partial charge on any atom is 0.193 e. The van der Waals surface area contributed by atoms with Gasteiger partial charge in [-0.05, 0) is 29.6 Å². The van der Waals surface area contributed by atoms with Gasteiger partial charge in [0.25, 0.3) is 0 Å². The Morgan fingerprint density at radius 1 is 1.38 bits per heavy atom. The van der Waals surface area contributed by atoms with Crippen LogP contribution in [0.4, 0.5) is 0 Å². The summed E-state index contributed by atoms with van der Waals surface area (Å²) in [5, 5.41) is 9.98. The highest BCUT2D eigenvalue weighted by Crippen LogP contribution is 2.35. The molecule has 2 atom stereocenters.